The summed E-state index contributed by atoms with van der Waals surface area (Å²) >= 11 is 0. The van der Waals surface area contributed by atoms with Crippen molar-refractivity contribution in [2.24, 2.45) is 13.0 Å². The molecule has 1 amide bonds. The number of hydrogen-bond acceptors (Lipinski definition) is 8. The number of aryl methyl sites for hydroxylation is 2. The van der Waals surface area contributed by atoms with Crippen LogP contribution in [0.25, 0.3) is 28.1 Å². The van der Waals surface area contributed by atoms with E-state index in [-0.39, 0.29) is 6.09 Å². The normalized spacial score (nSPS) is 16.9. The number of carbonyl (C=O) groups is 1. The summed E-state index contributed by atoms with van der Waals surface area (Å²) in [6, 6.07) is 8.03. The maximum absolute atomic E-state index is 12.4. The number of nitrogens with zero attached hydrogens (tertiary/aromatic N) is 8. The summed E-state index contributed by atoms with van der Waals surface area (Å²) in [5, 5.41) is 0. The Morgan fingerprint density at radius 1 is 1.08 bits per heavy atom. The minimum atomic E-state index is -0.495. The van der Waals surface area contributed by atoms with Gasteiger partial charge in [-0.1, -0.05) is 12.1 Å². The van der Waals surface area contributed by atoms with E-state index in [1.165, 1.54) is 0 Å². The van der Waals surface area contributed by atoms with Crippen LogP contribution < -0.4 is 4.90 Å². The third-order valence-electron chi connectivity index (χ3n) is 7.10. The van der Waals surface area contributed by atoms with Gasteiger partial charge < -0.3 is 23.8 Å². The second-order valence-corrected chi connectivity index (χ2v) is 11.1. The van der Waals surface area contributed by atoms with Crippen LogP contribution in [0.4, 0.5) is 10.6 Å². The Morgan fingerprint density at radius 2 is 1.82 bits per heavy atom. The third kappa shape index (κ3) is 4.44. The van der Waals surface area contributed by atoms with Gasteiger partial charge in [0.25, 0.3) is 0 Å². The van der Waals surface area contributed by atoms with Crippen molar-refractivity contribution >= 4 is 34.1 Å². The van der Waals surface area contributed by atoms with Crippen molar-refractivity contribution in [3.8, 4) is 5.95 Å². The largest absolute Gasteiger partial charge is 0.444 e. The van der Waals surface area contributed by atoms with Crippen molar-refractivity contribution in [3.05, 3.63) is 35.9 Å². The van der Waals surface area contributed by atoms with E-state index in [1.54, 1.807) is 4.90 Å². The van der Waals surface area contributed by atoms with Gasteiger partial charge in [0.1, 0.15) is 17.2 Å². The summed E-state index contributed by atoms with van der Waals surface area (Å²) in [6.45, 7) is 11.7. The zero-order valence-electron chi connectivity index (χ0n) is 22.6. The van der Waals surface area contributed by atoms with Crippen LogP contribution in [0.1, 0.15) is 32.4 Å². The first-order valence-electron chi connectivity index (χ1n) is 13.2. The van der Waals surface area contributed by atoms with Crippen molar-refractivity contribution in [3.63, 3.8) is 0 Å². The molecule has 2 saturated heterocycles. The Balaban J connectivity index is 1.35. The Morgan fingerprint density at radius 3 is 2.55 bits per heavy atom. The van der Waals surface area contributed by atoms with Crippen molar-refractivity contribution in [2.75, 3.05) is 44.3 Å². The van der Waals surface area contributed by atoms with Gasteiger partial charge in [0.15, 0.2) is 17.0 Å². The van der Waals surface area contributed by atoms with Crippen LogP contribution in [0.5, 0.6) is 0 Å². The van der Waals surface area contributed by atoms with Crippen LogP contribution in [0.3, 0.4) is 0 Å². The lowest BCUT2D eigenvalue weighted by molar-refractivity contribution is -0.00120. The van der Waals surface area contributed by atoms with Crippen molar-refractivity contribution in [1.82, 2.24) is 34.0 Å². The summed E-state index contributed by atoms with van der Waals surface area (Å²) in [4.78, 5) is 36.2. The summed E-state index contributed by atoms with van der Waals surface area (Å²) in [6.07, 6.45) is 0.489. The van der Waals surface area contributed by atoms with Crippen LogP contribution in [0.15, 0.2) is 24.3 Å². The maximum Gasteiger partial charge on any atom is 0.410 e. The van der Waals surface area contributed by atoms with Gasteiger partial charge in [-0.05, 0) is 39.8 Å². The molecule has 0 bridgehead atoms. The van der Waals surface area contributed by atoms with Crippen molar-refractivity contribution < 1.29 is 14.3 Å². The molecule has 2 aliphatic rings. The molecule has 11 nitrogen and oxygen atoms in total. The first-order valence-corrected chi connectivity index (χ1v) is 13.2. The van der Waals surface area contributed by atoms with Gasteiger partial charge in [0.05, 0.1) is 24.2 Å². The quantitative estimate of drug-likeness (QED) is 0.406. The number of hydrogen-bond donors (Lipinski definition) is 0. The molecule has 1 aromatic carbocycles. The number of aromatic nitrogens is 6. The van der Waals surface area contributed by atoms with E-state index >= 15 is 0 Å². The summed E-state index contributed by atoms with van der Waals surface area (Å²) < 4.78 is 15.2. The fourth-order valence-electron chi connectivity index (χ4n) is 5.19. The predicted molar refractivity (Wildman–Crippen MR) is 144 cm³/mol. The number of rotatable bonds is 4. The molecule has 2 aliphatic heterocycles. The molecule has 0 atom stereocenters. The SMILES string of the molecule is Cc1nc2ccccc2n1-c1nc(N2CCOCC2)c2nc(CC3CN(C(=O)OC(C)(C)C)C3)n(C)c2n1. The van der Waals surface area contributed by atoms with Gasteiger partial charge in [-0.15, -0.1) is 0 Å². The van der Waals surface area contributed by atoms with E-state index in [1.807, 2.05) is 63.6 Å². The number of benzene rings is 1. The van der Waals surface area contributed by atoms with E-state index in [0.29, 0.717) is 38.2 Å². The monoisotopic (exact) mass is 518 g/mol. The predicted octanol–water partition coefficient (Wildman–Crippen LogP) is 3.26. The molecule has 0 unspecified atom stereocenters. The fraction of sp³-hybridized carbons (Fsp3) is 0.519. The number of carbonyl (C=O) groups excluding carboxylic acids is 1. The molecular weight excluding hydrogens is 484 g/mol. The second kappa shape index (κ2) is 9.23. The highest BCUT2D eigenvalue weighted by Crippen LogP contribution is 2.30. The molecule has 0 spiro atoms. The van der Waals surface area contributed by atoms with Gasteiger partial charge in [-0.2, -0.15) is 9.97 Å². The van der Waals surface area contributed by atoms with Crippen LogP contribution >= 0.6 is 0 Å². The zero-order valence-corrected chi connectivity index (χ0v) is 22.6. The summed E-state index contributed by atoms with van der Waals surface area (Å²) in [5.41, 5.74) is 2.96. The van der Waals surface area contributed by atoms with Crippen LogP contribution in [0.2, 0.25) is 0 Å². The van der Waals surface area contributed by atoms with Gasteiger partial charge in [-0.25, -0.2) is 14.8 Å². The molecule has 0 saturated carbocycles. The number of likely N-dealkylation sites (tertiary alicyclic amines) is 1. The lowest BCUT2D eigenvalue weighted by atomic mass is 9.96. The lowest BCUT2D eigenvalue weighted by Gasteiger charge is -2.39. The standard InChI is InChI=1S/C27H34N8O3/c1-17-28-19-8-6-7-9-20(19)35(17)25-30-23-22(24(31-25)33-10-12-37-13-11-33)29-21(32(23)5)14-18-15-34(16-18)26(36)38-27(2,3)4/h6-9,18H,10-16H2,1-5H3. The fourth-order valence-corrected chi connectivity index (χ4v) is 5.19. The molecule has 6 rings (SSSR count). The molecule has 0 N–H and O–H groups in total. The molecule has 0 radical (unpaired) electrons. The molecule has 4 aromatic rings. The first-order chi connectivity index (χ1) is 18.2. The van der Waals surface area contributed by atoms with Gasteiger partial charge in [0, 0.05) is 45.6 Å². The number of amides is 1. The summed E-state index contributed by atoms with van der Waals surface area (Å²) in [5.74, 6) is 3.48. The molecule has 38 heavy (non-hydrogen) atoms. The number of anilines is 1. The second-order valence-electron chi connectivity index (χ2n) is 11.1. The van der Waals surface area contributed by atoms with E-state index < -0.39 is 5.60 Å². The molecule has 0 aliphatic carbocycles. The maximum atomic E-state index is 12.4. The molecule has 11 heteroatoms. The molecule has 3 aromatic heterocycles. The minimum Gasteiger partial charge on any atom is -0.444 e. The van der Waals surface area contributed by atoms with Crippen LogP contribution in [-0.4, -0.2) is 85.1 Å². The topological polar surface area (TPSA) is 103 Å². The molecule has 5 heterocycles. The third-order valence-corrected chi connectivity index (χ3v) is 7.10. The van der Waals surface area contributed by atoms with Gasteiger partial charge in [0.2, 0.25) is 5.95 Å². The number of ether oxygens (including phenoxy) is 2. The van der Waals surface area contributed by atoms with E-state index in [2.05, 4.69) is 9.47 Å². The van der Waals surface area contributed by atoms with E-state index in [9.17, 15) is 4.79 Å². The first kappa shape index (κ1) is 24.6. The number of morpholine rings is 1. The van der Waals surface area contributed by atoms with Crippen molar-refractivity contribution in [1.29, 1.82) is 0 Å². The van der Waals surface area contributed by atoms with Crippen LogP contribution in [0, 0.1) is 12.8 Å². The molecule has 2 fully saturated rings. The zero-order chi connectivity index (χ0) is 26.6. The number of para-hydroxylation sites is 2. The average Bonchev–Trinajstić information content (AvgIpc) is 3.35. The van der Waals surface area contributed by atoms with Gasteiger partial charge in [-0.3, -0.25) is 4.57 Å². The highest BCUT2D eigenvalue weighted by Gasteiger charge is 2.35. The number of imidazole rings is 2. The summed E-state index contributed by atoms with van der Waals surface area (Å²) in [7, 11) is 2.01. The van der Waals surface area contributed by atoms with Gasteiger partial charge >= 0.3 is 6.09 Å². The Bertz CT molecular complexity index is 1510. The molecular formula is C27H34N8O3. The lowest BCUT2D eigenvalue weighted by Crippen LogP contribution is -2.52. The van der Waals surface area contributed by atoms with E-state index in [0.717, 1.165) is 59.2 Å². The smallest absolute Gasteiger partial charge is 0.410 e. The Kier molecular flexibility index (Phi) is 5.97. The minimum absolute atomic E-state index is 0.258. The van der Waals surface area contributed by atoms with Crippen LogP contribution in [-0.2, 0) is 22.9 Å². The average molecular weight is 519 g/mol. The Labute approximate surface area is 221 Å². The highest BCUT2D eigenvalue weighted by molar-refractivity contribution is 5.86. The van der Waals surface area contributed by atoms with Crippen molar-refractivity contribution in [2.45, 2.75) is 39.7 Å². The molecule has 200 valence electrons. The highest BCUT2D eigenvalue weighted by atomic mass is 16.6. The Hall–Kier alpha value is -3.73. The van der Waals surface area contributed by atoms with E-state index in [4.69, 9.17) is 29.4 Å². The number of fused-ring (bicyclic) bond motifs is 2.